The third-order valence-corrected chi connectivity index (χ3v) is 7.49. The van der Waals surface area contributed by atoms with Gasteiger partial charge in [0.2, 0.25) is 0 Å². The summed E-state index contributed by atoms with van der Waals surface area (Å²) in [5, 5.41) is 21.7. The lowest BCUT2D eigenvalue weighted by molar-refractivity contribution is -0.384. The minimum Gasteiger partial charge on any atom is -0.390 e. The summed E-state index contributed by atoms with van der Waals surface area (Å²) in [4.78, 5) is 12.4. The fourth-order valence-electron chi connectivity index (χ4n) is 3.71. The molecule has 9 heteroatoms. The number of hydrogen-bond donors (Lipinski definition) is 1. The number of nitrogens with zero attached hydrogens (tertiary/aromatic N) is 3. The monoisotopic (exact) mass is 447 g/mol. The average Bonchev–Trinajstić information content (AvgIpc) is 2.74. The number of aliphatic hydroxyl groups is 1. The van der Waals surface area contributed by atoms with E-state index >= 15 is 0 Å². The second kappa shape index (κ2) is 9.76. The summed E-state index contributed by atoms with van der Waals surface area (Å²) in [7, 11) is -4.02. The number of β-amino-alcohol motifs (C(OH)–C–C–N with tert-alkyl or cyclic N) is 1. The number of nitro benzene ring substituents is 1. The summed E-state index contributed by atoms with van der Waals surface area (Å²) in [6.45, 7) is 6.18. The summed E-state index contributed by atoms with van der Waals surface area (Å²) >= 11 is 0. The van der Waals surface area contributed by atoms with Crippen LogP contribution in [0.4, 0.5) is 11.4 Å². The average molecular weight is 448 g/mol. The topological polar surface area (TPSA) is 104 Å². The zero-order valence-electron chi connectivity index (χ0n) is 17.8. The van der Waals surface area contributed by atoms with Crippen LogP contribution in [0.15, 0.2) is 53.4 Å². The van der Waals surface area contributed by atoms with E-state index < -0.39 is 21.1 Å². The van der Waals surface area contributed by atoms with Crippen LogP contribution in [-0.4, -0.2) is 55.6 Å². The molecule has 0 aliphatic carbocycles. The Morgan fingerprint density at radius 3 is 2.26 bits per heavy atom. The molecule has 0 radical (unpaired) electrons. The van der Waals surface area contributed by atoms with Crippen molar-refractivity contribution in [1.29, 1.82) is 0 Å². The van der Waals surface area contributed by atoms with Crippen LogP contribution in [0.25, 0.3) is 0 Å². The van der Waals surface area contributed by atoms with Gasteiger partial charge in [0.05, 0.1) is 28.2 Å². The van der Waals surface area contributed by atoms with E-state index in [1.165, 1.54) is 28.6 Å². The molecular weight excluding hydrogens is 418 g/mol. The fourth-order valence-corrected chi connectivity index (χ4v) is 5.21. The van der Waals surface area contributed by atoms with Crippen molar-refractivity contribution in [2.24, 2.45) is 5.92 Å². The van der Waals surface area contributed by atoms with Crippen LogP contribution in [0.1, 0.15) is 25.3 Å². The molecule has 1 fully saturated rings. The highest BCUT2D eigenvalue weighted by Gasteiger charge is 2.29. The molecule has 1 aliphatic rings. The van der Waals surface area contributed by atoms with Crippen molar-refractivity contribution < 1.29 is 18.4 Å². The van der Waals surface area contributed by atoms with Gasteiger partial charge in [-0.3, -0.25) is 14.4 Å². The number of piperidine rings is 1. The molecule has 0 amide bonds. The van der Waals surface area contributed by atoms with Gasteiger partial charge in [-0.05, 0) is 63.0 Å². The minimum absolute atomic E-state index is 0.0577. The molecule has 168 valence electrons. The van der Waals surface area contributed by atoms with Crippen LogP contribution in [0.3, 0.4) is 0 Å². The normalized spacial score (nSPS) is 16.7. The molecule has 1 saturated heterocycles. The summed E-state index contributed by atoms with van der Waals surface area (Å²) in [5.74, 6) is 0.667. The molecular formula is C22H29N3O5S. The Kier molecular flexibility index (Phi) is 7.30. The molecule has 0 aromatic heterocycles. The highest BCUT2D eigenvalue weighted by Crippen LogP contribution is 2.26. The molecule has 2 aromatic rings. The second-order valence-corrected chi connectivity index (χ2v) is 10.1. The second-order valence-electron chi connectivity index (χ2n) is 8.26. The molecule has 1 aliphatic heterocycles. The van der Waals surface area contributed by atoms with Crippen LogP contribution in [0, 0.1) is 23.0 Å². The first-order valence-electron chi connectivity index (χ1n) is 10.4. The van der Waals surface area contributed by atoms with Gasteiger partial charge in [-0.15, -0.1) is 0 Å². The van der Waals surface area contributed by atoms with E-state index in [9.17, 15) is 23.6 Å². The van der Waals surface area contributed by atoms with Gasteiger partial charge in [0.1, 0.15) is 0 Å². The number of aliphatic hydroxyl groups excluding tert-OH is 1. The van der Waals surface area contributed by atoms with Crippen molar-refractivity contribution in [2.45, 2.75) is 37.7 Å². The van der Waals surface area contributed by atoms with Crippen LogP contribution in [-0.2, 0) is 10.0 Å². The Bertz CT molecular complexity index is 985. The van der Waals surface area contributed by atoms with Crippen LogP contribution >= 0.6 is 0 Å². The SMILES string of the molecule is Cc1ccc(N(C[C@H](O)CN2CCC(C)CC2)S(=O)(=O)c2ccc([N+](=O)[O-])cc2)cc1. The maximum absolute atomic E-state index is 13.4. The molecule has 0 bridgehead atoms. The van der Waals surface area contributed by atoms with Gasteiger partial charge in [-0.25, -0.2) is 8.42 Å². The van der Waals surface area contributed by atoms with Crippen molar-refractivity contribution in [3.05, 3.63) is 64.2 Å². The zero-order valence-corrected chi connectivity index (χ0v) is 18.7. The minimum atomic E-state index is -4.02. The Labute approximate surface area is 183 Å². The number of nitro groups is 1. The summed E-state index contributed by atoms with van der Waals surface area (Å²) < 4.78 is 28.0. The van der Waals surface area contributed by atoms with Crippen molar-refractivity contribution in [1.82, 2.24) is 4.90 Å². The number of non-ortho nitro benzene ring substituents is 1. The number of anilines is 1. The van der Waals surface area contributed by atoms with Gasteiger partial charge in [0.25, 0.3) is 15.7 Å². The Hall–Kier alpha value is -2.49. The van der Waals surface area contributed by atoms with Crippen LogP contribution < -0.4 is 4.31 Å². The van der Waals surface area contributed by atoms with Crippen molar-refractivity contribution in [3.8, 4) is 0 Å². The highest BCUT2D eigenvalue weighted by molar-refractivity contribution is 7.92. The van der Waals surface area contributed by atoms with Crippen molar-refractivity contribution in [2.75, 3.05) is 30.5 Å². The van der Waals surface area contributed by atoms with Gasteiger partial charge in [-0.1, -0.05) is 24.6 Å². The first-order valence-corrected chi connectivity index (χ1v) is 11.8. The first kappa shape index (κ1) is 23.2. The van der Waals surface area contributed by atoms with E-state index in [4.69, 9.17) is 0 Å². The molecule has 0 saturated carbocycles. The van der Waals surface area contributed by atoms with Gasteiger partial charge >= 0.3 is 0 Å². The number of likely N-dealkylation sites (tertiary alicyclic amines) is 1. The molecule has 31 heavy (non-hydrogen) atoms. The van der Waals surface area contributed by atoms with Gasteiger partial charge in [-0.2, -0.15) is 0 Å². The fraction of sp³-hybridized carbons (Fsp3) is 0.455. The van der Waals surface area contributed by atoms with Crippen LogP contribution in [0.2, 0.25) is 0 Å². The number of benzene rings is 2. The molecule has 0 unspecified atom stereocenters. The lowest BCUT2D eigenvalue weighted by Gasteiger charge is -2.33. The van der Waals surface area contributed by atoms with E-state index in [1.54, 1.807) is 12.1 Å². The number of hydrogen-bond acceptors (Lipinski definition) is 6. The smallest absolute Gasteiger partial charge is 0.269 e. The number of aryl methyl sites for hydroxylation is 1. The standard InChI is InChI=1S/C22H29N3O5S/c1-17-3-5-19(6-4-17)24(16-21(26)15-23-13-11-18(2)12-14-23)31(29,30)22-9-7-20(8-10-22)25(27)28/h3-10,18,21,26H,11-16H2,1-2H3/t21-/m1/s1. The van der Waals surface area contributed by atoms with Gasteiger partial charge < -0.3 is 10.0 Å². The highest BCUT2D eigenvalue weighted by atomic mass is 32.2. The molecule has 1 N–H and O–H groups in total. The number of rotatable bonds is 8. The van der Waals surface area contributed by atoms with E-state index in [0.29, 0.717) is 18.2 Å². The van der Waals surface area contributed by atoms with E-state index in [0.717, 1.165) is 31.5 Å². The lowest BCUT2D eigenvalue weighted by atomic mass is 9.99. The molecule has 0 spiro atoms. The summed E-state index contributed by atoms with van der Waals surface area (Å²) in [5.41, 5.74) is 1.25. The number of sulfonamides is 1. The zero-order chi connectivity index (χ0) is 22.6. The summed E-state index contributed by atoms with van der Waals surface area (Å²) in [6, 6.07) is 11.8. The predicted octanol–water partition coefficient (Wildman–Crippen LogP) is 3.19. The Balaban J connectivity index is 1.85. The van der Waals surface area contributed by atoms with E-state index in [1.807, 2.05) is 19.1 Å². The third-order valence-electron chi connectivity index (χ3n) is 5.68. The van der Waals surface area contributed by atoms with E-state index in [2.05, 4.69) is 11.8 Å². The molecule has 8 nitrogen and oxygen atoms in total. The maximum Gasteiger partial charge on any atom is 0.269 e. The van der Waals surface area contributed by atoms with Gasteiger partial charge in [0, 0.05) is 18.7 Å². The Morgan fingerprint density at radius 1 is 1.13 bits per heavy atom. The van der Waals surface area contributed by atoms with Crippen LogP contribution in [0.5, 0.6) is 0 Å². The third kappa shape index (κ3) is 5.81. The molecule has 1 atom stereocenters. The first-order chi connectivity index (χ1) is 14.7. The van der Waals surface area contributed by atoms with Gasteiger partial charge in [0.15, 0.2) is 0 Å². The van der Waals surface area contributed by atoms with Crippen molar-refractivity contribution in [3.63, 3.8) is 0 Å². The molecule has 2 aromatic carbocycles. The maximum atomic E-state index is 13.4. The van der Waals surface area contributed by atoms with E-state index in [-0.39, 0.29) is 17.1 Å². The molecule has 1 heterocycles. The predicted molar refractivity (Wildman–Crippen MR) is 120 cm³/mol. The summed E-state index contributed by atoms with van der Waals surface area (Å²) in [6.07, 6.45) is 1.26. The quantitative estimate of drug-likeness (QED) is 0.492. The Morgan fingerprint density at radius 2 is 1.71 bits per heavy atom. The largest absolute Gasteiger partial charge is 0.390 e. The van der Waals surface area contributed by atoms with Crippen molar-refractivity contribution >= 4 is 21.4 Å². The molecule has 3 rings (SSSR count). The lowest BCUT2D eigenvalue weighted by Crippen LogP contribution is -2.44.